The number of thioether (sulfide) groups is 3. The summed E-state index contributed by atoms with van der Waals surface area (Å²) in [4.78, 5) is 27.7. The first-order valence-corrected chi connectivity index (χ1v) is 8.79. The second kappa shape index (κ2) is 20.2. The molecule has 137 valence electrons. The molecule has 26 heavy (non-hydrogen) atoms. The van der Waals surface area contributed by atoms with Crippen molar-refractivity contribution >= 4 is 58.2 Å². The molecule has 1 fully saturated rings. The number of aliphatic hydroxyl groups excluding tert-OH is 1. The predicted molar refractivity (Wildman–Crippen MR) is 100 cm³/mol. The zero-order valence-corrected chi connectivity index (χ0v) is 24.5. The number of ether oxygens (including phenoxy) is 1. The summed E-state index contributed by atoms with van der Waals surface area (Å²) in [5.41, 5.74) is 0. The third-order valence-electron chi connectivity index (χ3n) is 1.94. The summed E-state index contributed by atoms with van der Waals surface area (Å²) in [6.07, 6.45) is 0. The zero-order valence-electron chi connectivity index (χ0n) is 13.5. The normalized spacial score (nSPS) is 16.5. The average molecular weight is 643 g/mol. The molecule has 3 aliphatic heterocycles. The molecule has 3 radical (unpaired) electrons. The summed E-state index contributed by atoms with van der Waals surface area (Å²) < 4.78 is 4.67. The van der Waals surface area contributed by atoms with Gasteiger partial charge in [0.25, 0.3) is 11.1 Å². The van der Waals surface area contributed by atoms with Crippen LogP contribution in [0.1, 0.15) is 7.43 Å². The van der Waals surface area contributed by atoms with Gasteiger partial charge in [0, 0.05) is 104 Å². The minimum Gasteiger partial charge on any atom is -0.621 e. The van der Waals surface area contributed by atoms with Gasteiger partial charge < -0.3 is 20.0 Å². The number of aliphatic imine (C=N–C) groups is 2. The van der Waals surface area contributed by atoms with Crippen LogP contribution >= 0.6 is 35.3 Å². The Morgan fingerprint density at radius 2 is 1.65 bits per heavy atom. The Labute approximate surface area is 242 Å². The van der Waals surface area contributed by atoms with Gasteiger partial charge >= 0.3 is 0 Å². The van der Waals surface area contributed by atoms with Gasteiger partial charge in [-0.05, 0) is 0 Å². The van der Waals surface area contributed by atoms with E-state index in [9.17, 15) is 9.59 Å². The molecule has 3 rings (SSSR count). The molecule has 0 atom stereocenters. The maximum atomic E-state index is 10.3. The van der Waals surface area contributed by atoms with E-state index >= 15 is 0 Å². The van der Waals surface area contributed by atoms with Crippen LogP contribution in [0.15, 0.2) is 33.2 Å². The second-order valence-corrected chi connectivity index (χ2v) is 6.69. The van der Waals surface area contributed by atoms with Crippen molar-refractivity contribution in [3.8, 4) is 0 Å². The largest absolute Gasteiger partial charge is 0.621 e. The van der Waals surface area contributed by atoms with Gasteiger partial charge in [0.2, 0.25) is 0 Å². The molecule has 0 aromatic heterocycles. The standard InChI is InChI=1S/C4H5NO2S.2C4H5NOS.CH4.3Y/c1-7-4-5-3(6)2-8-4;2*1-3-5-4(6)2-7-3;;;;/h2H2,1H3;2*1-2H2,(H,5,6);1H4;;;/p-1. The van der Waals surface area contributed by atoms with Gasteiger partial charge in [0.05, 0.1) is 29.6 Å². The van der Waals surface area contributed by atoms with Gasteiger partial charge in [-0.1, -0.05) is 37.5 Å². The number of hydrogen-bond acceptors (Lipinski definition) is 7. The van der Waals surface area contributed by atoms with Crippen molar-refractivity contribution in [1.82, 2.24) is 0 Å². The van der Waals surface area contributed by atoms with Crippen LogP contribution < -0.4 is 0 Å². The Balaban J connectivity index is -0.000000130. The third-order valence-corrected chi connectivity index (χ3v) is 4.48. The molecule has 3 heterocycles. The number of carbonyl (C=O) groups is 2. The summed E-state index contributed by atoms with van der Waals surface area (Å²) in [5, 5.41) is 13.9. The van der Waals surface area contributed by atoms with Crippen molar-refractivity contribution in [1.29, 1.82) is 0 Å². The molecule has 0 bridgehead atoms. The van der Waals surface area contributed by atoms with Gasteiger partial charge in [-0.3, -0.25) is 4.79 Å². The number of amides is 2. The summed E-state index contributed by atoms with van der Waals surface area (Å²) in [5.74, 6) is 1.54. The summed E-state index contributed by atoms with van der Waals surface area (Å²) in [6, 6.07) is 0. The number of nitrogens with zero attached hydrogens (tertiary/aromatic N) is 3. The fraction of sp³-hybridized carbons (Fsp3) is 0.385. The average Bonchev–Trinajstić information content (AvgIpc) is 3.15. The fourth-order valence-corrected chi connectivity index (χ4v) is 2.75. The SMILES string of the molecule is C.C=C1N=C(O)CS1.C=C1[N-]C(=O)CS1.COC1=NC(=O)CS1.[Y].[Y].[Y]. The van der Waals surface area contributed by atoms with Crippen LogP contribution in [0, 0.1) is 0 Å². The Hall–Kier alpha value is 1.92. The minimum absolute atomic E-state index is 0. The first kappa shape index (κ1) is 35.4. The Bertz CT molecular complexity index is 546. The van der Waals surface area contributed by atoms with Crippen molar-refractivity contribution in [2.24, 2.45) is 9.98 Å². The monoisotopic (exact) mass is 643 g/mol. The van der Waals surface area contributed by atoms with E-state index in [1.807, 2.05) is 0 Å². The molecule has 0 aromatic carbocycles. The van der Waals surface area contributed by atoms with Crippen molar-refractivity contribution in [2.45, 2.75) is 7.43 Å². The number of hydrogen-bond donors (Lipinski definition) is 1. The smallest absolute Gasteiger partial charge is 0.259 e. The molecule has 0 aliphatic carbocycles. The van der Waals surface area contributed by atoms with Crippen LogP contribution in [0.3, 0.4) is 0 Å². The molecule has 7 nitrogen and oxygen atoms in total. The Morgan fingerprint density at radius 3 is 1.81 bits per heavy atom. The molecule has 3 aliphatic rings. The van der Waals surface area contributed by atoms with E-state index in [4.69, 9.17) is 5.11 Å². The zero-order chi connectivity index (χ0) is 16.5. The number of rotatable bonds is 0. The van der Waals surface area contributed by atoms with Crippen LogP contribution in [0.5, 0.6) is 0 Å². The van der Waals surface area contributed by atoms with E-state index < -0.39 is 0 Å². The number of carbonyl (C=O) groups excluding carboxylic acids is 2. The van der Waals surface area contributed by atoms with E-state index in [-0.39, 0.29) is 123 Å². The van der Waals surface area contributed by atoms with Crippen molar-refractivity contribution in [3.63, 3.8) is 0 Å². The summed E-state index contributed by atoms with van der Waals surface area (Å²) in [6.45, 7) is 7.00. The molecule has 2 amide bonds. The van der Waals surface area contributed by atoms with Crippen LogP contribution in [0.2, 0.25) is 0 Å². The summed E-state index contributed by atoms with van der Waals surface area (Å²) in [7, 11) is 1.50. The Morgan fingerprint density at radius 1 is 1.04 bits per heavy atom. The molecule has 0 spiro atoms. The molecule has 0 unspecified atom stereocenters. The molecule has 1 saturated heterocycles. The molecule has 13 heteroatoms. The molecular weight excluding hydrogens is 625 g/mol. The topological polar surface area (TPSA) is 102 Å². The minimum atomic E-state index is -0.105. The van der Waals surface area contributed by atoms with E-state index in [1.165, 1.54) is 42.4 Å². The van der Waals surface area contributed by atoms with E-state index in [2.05, 4.69) is 33.2 Å². The van der Waals surface area contributed by atoms with Gasteiger partial charge in [0.1, 0.15) is 0 Å². The van der Waals surface area contributed by atoms with Gasteiger partial charge in [-0.2, -0.15) is 4.99 Å². The first-order chi connectivity index (χ1) is 10.4. The number of aliphatic hydroxyl groups is 1. The maximum absolute atomic E-state index is 10.3. The quantitative estimate of drug-likeness (QED) is 0.433. The van der Waals surface area contributed by atoms with Gasteiger partial charge in [0.15, 0.2) is 5.90 Å². The van der Waals surface area contributed by atoms with Crippen LogP contribution in [0.25, 0.3) is 5.32 Å². The van der Waals surface area contributed by atoms with Crippen molar-refractivity contribution < 1.29 is 118 Å². The predicted octanol–water partition coefficient (Wildman–Crippen LogP) is 3.16. The van der Waals surface area contributed by atoms with Crippen molar-refractivity contribution in [2.75, 3.05) is 24.4 Å². The van der Waals surface area contributed by atoms with Crippen LogP contribution in [0.4, 0.5) is 0 Å². The summed E-state index contributed by atoms with van der Waals surface area (Å²) >= 11 is 4.18. The number of methoxy groups -OCH3 is 1. The first-order valence-electron chi connectivity index (χ1n) is 5.83. The third kappa shape index (κ3) is 16.8. The molecule has 0 aromatic rings. The molecular formula is C13H18N3O4S3Y3-. The van der Waals surface area contributed by atoms with Gasteiger partial charge in [-0.25, -0.2) is 4.99 Å². The Kier molecular flexibility index (Phi) is 27.5. The van der Waals surface area contributed by atoms with Crippen molar-refractivity contribution in [3.05, 3.63) is 28.5 Å². The van der Waals surface area contributed by atoms with E-state index in [0.717, 1.165) is 0 Å². The fourth-order valence-electron chi connectivity index (χ4n) is 1.10. The van der Waals surface area contributed by atoms with Crippen LogP contribution in [-0.2, 0) is 112 Å². The van der Waals surface area contributed by atoms with Crippen LogP contribution in [-0.4, -0.2) is 52.4 Å². The van der Waals surface area contributed by atoms with E-state index in [1.54, 1.807) is 0 Å². The maximum Gasteiger partial charge on any atom is 0.259 e. The molecule has 0 saturated carbocycles. The van der Waals surface area contributed by atoms with E-state index in [0.29, 0.717) is 32.5 Å². The van der Waals surface area contributed by atoms with Gasteiger partial charge in [-0.15, -0.1) is 23.4 Å². The molecule has 1 N–H and O–H groups in total. The second-order valence-electron chi connectivity index (χ2n) is 3.66.